The summed E-state index contributed by atoms with van der Waals surface area (Å²) < 4.78 is 0.965. The van der Waals surface area contributed by atoms with E-state index in [9.17, 15) is 0 Å². The zero-order chi connectivity index (χ0) is 4.57. The van der Waals surface area contributed by atoms with Crippen LogP contribution in [0.25, 0.3) is 0 Å². The Bertz CT molecular complexity index is 47.5. The topological polar surface area (TPSA) is 0 Å². The van der Waals surface area contributed by atoms with Crippen molar-refractivity contribution in [1.82, 2.24) is 0 Å². The molecule has 0 aromatic heterocycles. The van der Waals surface area contributed by atoms with Crippen molar-refractivity contribution in [2.75, 3.05) is 0 Å². The zero-order valence-electron chi connectivity index (χ0n) is 3.52. The maximum Gasteiger partial charge on any atom is 0.0173 e. The van der Waals surface area contributed by atoms with Crippen molar-refractivity contribution in [3.8, 4) is 0 Å². The molecule has 0 nitrogen and oxygen atoms in total. The first-order valence-electron chi connectivity index (χ1n) is 2.20. The number of rotatable bonds is 0. The maximum atomic E-state index is 2.85. The molecular formula is C4H8IP. The van der Waals surface area contributed by atoms with Gasteiger partial charge in [-0.05, 0) is 18.5 Å². The highest BCUT2D eigenvalue weighted by Crippen LogP contribution is 2.33. The average molecular weight is 214 g/mol. The van der Waals surface area contributed by atoms with Crippen molar-refractivity contribution in [1.29, 1.82) is 0 Å². The van der Waals surface area contributed by atoms with Crippen LogP contribution in [0, 0.1) is 0 Å². The Morgan fingerprint density at radius 1 is 1.50 bits per heavy atom. The monoisotopic (exact) mass is 214 g/mol. The van der Waals surface area contributed by atoms with Crippen LogP contribution in [0.3, 0.4) is 0 Å². The second-order valence-corrected chi connectivity index (χ2v) is 4.21. The molecule has 0 aromatic carbocycles. The Labute approximate surface area is 54.4 Å². The van der Waals surface area contributed by atoms with E-state index in [-0.39, 0.29) is 0 Å². The van der Waals surface area contributed by atoms with Gasteiger partial charge < -0.3 is 0 Å². The van der Waals surface area contributed by atoms with E-state index >= 15 is 0 Å². The molecule has 0 N–H and O–H groups in total. The molecule has 36 valence electrons. The van der Waals surface area contributed by atoms with Gasteiger partial charge in [-0.15, -0.1) is 9.24 Å². The molecule has 3 unspecified atom stereocenters. The molecule has 0 saturated heterocycles. The van der Waals surface area contributed by atoms with Gasteiger partial charge in [-0.1, -0.05) is 22.6 Å². The lowest BCUT2D eigenvalue weighted by Gasteiger charge is -2.27. The van der Waals surface area contributed by atoms with Crippen molar-refractivity contribution in [3.63, 3.8) is 0 Å². The third kappa shape index (κ3) is 0.865. The van der Waals surface area contributed by atoms with Crippen molar-refractivity contribution in [2.24, 2.45) is 0 Å². The van der Waals surface area contributed by atoms with Gasteiger partial charge in [0.25, 0.3) is 0 Å². The van der Waals surface area contributed by atoms with Gasteiger partial charge in [-0.3, -0.25) is 0 Å². The third-order valence-electron chi connectivity index (χ3n) is 1.24. The first kappa shape index (κ1) is 5.30. The van der Waals surface area contributed by atoms with Gasteiger partial charge >= 0.3 is 0 Å². The van der Waals surface area contributed by atoms with E-state index < -0.39 is 0 Å². The second kappa shape index (κ2) is 1.95. The van der Waals surface area contributed by atoms with Gasteiger partial charge in [0, 0.05) is 3.92 Å². The lowest BCUT2D eigenvalue weighted by Crippen LogP contribution is -2.24. The lowest BCUT2D eigenvalue weighted by atomic mass is 10.00. The molecule has 1 aliphatic carbocycles. The summed E-state index contributed by atoms with van der Waals surface area (Å²) in [6.45, 7) is 0. The highest BCUT2D eigenvalue weighted by molar-refractivity contribution is 14.1. The molecule has 1 fully saturated rings. The zero-order valence-corrected chi connectivity index (χ0v) is 6.84. The molecule has 1 saturated carbocycles. The highest BCUT2D eigenvalue weighted by atomic mass is 127. The summed E-state index contributed by atoms with van der Waals surface area (Å²) in [6.07, 6.45) is 2.87. The fourth-order valence-electron chi connectivity index (χ4n) is 0.485. The maximum absolute atomic E-state index is 2.85. The molecule has 6 heavy (non-hydrogen) atoms. The van der Waals surface area contributed by atoms with Crippen molar-refractivity contribution in [3.05, 3.63) is 0 Å². The molecule has 1 rings (SSSR count). The van der Waals surface area contributed by atoms with E-state index in [1.165, 1.54) is 12.8 Å². The van der Waals surface area contributed by atoms with Gasteiger partial charge in [-0.2, -0.15) is 0 Å². The first-order chi connectivity index (χ1) is 2.80. The molecule has 0 radical (unpaired) electrons. The van der Waals surface area contributed by atoms with E-state index in [0.29, 0.717) is 0 Å². The van der Waals surface area contributed by atoms with Gasteiger partial charge in [0.2, 0.25) is 0 Å². The minimum absolute atomic E-state index is 0.936. The van der Waals surface area contributed by atoms with Gasteiger partial charge in [0.1, 0.15) is 0 Å². The minimum Gasteiger partial charge on any atom is -0.133 e. The molecule has 0 heterocycles. The van der Waals surface area contributed by atoms with Gasteiger partial charge in [0.15, 0.2) is 0 Å². The smallest absolute Gasteiger partial charge is 0.0173 e. The Kier molecular flexibility index (Phi) is 1.73. The van der Waals surface area contributed by atoms with Crippen LogP contribution in [0.15, 0.2) is 0 Å². The number of halogens is 1. The first-order valence-corrected chi connectivity index (χ1v) is 4.11. The van der Waals surface area contributed by atoms with Crippen LogP contribution in [-0.2, 0) is 0 Å². The molecular weight excluding hydrogens is 206 g/mol. The van der Waals surface area contributed by atoms with Crippen molar-refractivity contribution < 1.29 is 0 Å². The average Bonchev–Trinajstić information content (AvgIpc) is 1.61. The second-order valence-electron chi connectivity index (χ2n) is 1.76. The highest BCUT2D eigenvalue weighted by Gasteiger charge is 2.22. The Morgan fingerprint density at radius 2 is 2.00 bits per heavy atom. The van der Waals surface area contributed by atoms with Gasteiger partial charge in [-0.25, -0.2) is 0 Å². The van der Waals surface area contributed by atoms with Crippen LogP contribution >= 0.6 is 31.8 Å². The van der Waals surface area contributed by atoms with Crippen LogP contribution in [0.5, 0.6) is 0 Å². The largest absolute Gasteiger partial charge is 0.133 e. The summed E-state index contributed by atoms with van der Waals surface area (Å²) in [4.78, 5) is 0. The Balaban J connectivity index is 2.20. The summed E-state index contributed by atoms with van der Waals surface area (Å²) in [5.74, 6) is 0. The summed E-state index contributed by atoms with van der Waals surface area (Å²) in [6, 6.07) is 0. The molecule has 0 aliphatic heterocycles. The summed E-state index contributed by atoms with van der Waals surface area (Å²) >= 11 is 2.50. The predicted molar refractivity (Wildman–Crippen MR) is 40.5 cm³/mol. The van der Waals surface area contributed by atoms with Crippen LogP contribution in [0.4, 0.5) is 0 Å². The molecule has 0 spiro atoms. The molecule has 0 bridgehead atoms. The van der Waals surface area contributed by atoms with E-state index in [2.05, 4.69) is 31.8 Å². The fraction of sp³-hybridized carbons (Fsp3) is 1.00. The number of alkyl halides is 1. The lowest BCUT2D eigenvalue weighted by molar-refractivity contribution is 0.558. The molecule has 3 atom stereocenters. The van der Waals surface area contributed by atoms with E-state index in [1.807, 2.05) is 0 Å². The summed E-state index contributed by atoms with van der Waals surface area (Å²) in [7, 11) is 2.85. The summed E-state index contributed by atoms with van der Waals surface area (Å²) in [5.41, 5.74) is 0.936. The Morgan fingerprint density at radius 3 is 2.00 bits per heavy atom. The van der Waals surface area contributed by atoms with E-state index in [1.54, 1.807) is 0 Å². The van der Waals surface area contributed by atoms with Crippen molar-refractivity contribution in [2.45, 2.75) is 22.4 Å². The summed E-state index contributed by atoms with van der Waals surface area (Å²) in [5, 5.41) is 0. The Hall–Kier alpha value is 1.16. The van der Waals surface area contributed by atoms with Crippen LogP contribution in [-0.4, -0.2) is 9.58 Å². The SMILES string of the molecule is PC1CCC1I. The molecule has 0 aromatic rings. The molecule has 1 aliphatic rings. The predicted octanol–water partition coefficient (Wildman–Crippen LogP) is 1.83. The molecule has 2 heteroatoms. The van der Waals surface area contributed by atoms with E-state index in [4.69, 9.17) is 0 Å². The number of hydrogen-bond donors (Lipinski definition) is 0. The van der Waals surface area contributed by atoms with Crippen LogP contribution in [0.2, 0.25) is 0 Å². The van der Waals surface area contributed by atoms with Crippen molar-refractivity contribution >= 4 is 31.8 Å². The van der Waals surface area contributed by atoms with Gasteiger partial charge in [0.05, 0.1) is 0 Å². The normalized spacial score (nSPS) is 45.0. The minimum atomic E-state index is 0.936. The van der Waals surface area contributed by atoms with Crippen LogP contribution in [0.1, 0.15) is 12.8 Å². The number of hydrogen-bond acceptors (Lipinski definition) is 0. The third-order valence-corrected chi connectivity index (χ3v) is 4.37. The fourth-order valence-corrected chi connectivity index (χ4v) is 1.59. The quantitative estimate of drug-likeness (QED) is 0.328. The molecule has 0 amide bonds. The van der Waals surface area contributed by atoms with E-state index in [0.717, 1.165) is 9.58 Å². The standard InChI is InChI=1S/C4H8IP/c5-3-1-2-4(3)6/h3-4H,1-2,6H2. The van der Waals surface area contributed by atoms with Crippen LogP contribution < -0.4 is 0 Å².